The molecule has 0 saturated heterocycles. The number of carbonyl (C=O) groups excluding carboxylic acids is 1. The fourth-order valence-electron chi connectivity index (χ4n) is 2.25. The normalized spacial score (nSPS) is 18.5. The zero-order valence-electron chi connectivity index (χ0n) is 11.5. The molecule has 0 heterocycles. The number of ketones is 1. The smallest absolute Gasteiger partial charge is 0.146 e. The average Bonchev–Trinajstić information content (AvgIpc) is 2.32. The predicted octanol–water partition coefficient (Wildman–Crippen LogP) is 3.69. The molecular formula is C14H29NO. The van der Waals surface area contributed by atoms with Crippen LogP contribution in [0.3, 0.4) is 0 Å². The minimum absolute atomic E-state index is 0.114. The second kappa shape index (κ2) is 9.83. The second-order valence-electron chi connectivity index (χ2n) is 4.45. The van der Waals surface area contributed by atoms with Gasteiger partial charge in [0.1, 0.15) is 5.78 Å². The Balaban J connectivity index is 0.00000106. The number of hydrogen-bond acceptors (Lipinski definition) is 2. The van der Waals surface area contributed by atoms with Gasteiger partial charge in [0, 0.05) is 6.04 Å². The van der Waals surface area contributed by atoms with Crippen molar-refractivity contribution in [3.05, 3.63) is 0 Å². The van der Waals surface area contributed by atoms with E-state index in [4.69, 9.17) is 0 Å². The van der Waals surface area contributed by atoms with Gasteiger partial charge in [-0.05, 0) is 26.2 Å². The molecule has 1 atom stereocenters. The molecule has 96 valence electrons. The van der Waals surface area contributed by atoms with Gasteiger partial charge in [-0.2, -0.15) is 0 Å². The molecule has 0 aromatic rings. The average molecular weight is 227 g/mol. The zero-order valence-corrected chi connectivity index (χ0v) is 11.5. The lowest BCUT2D eigenvalue weighted by Gasteiger charge is -2.27. The van der Waals surface area contributed by atoms with Crippen LogP contribution in [0.15, 0.2) is 0 Å². The summed E-state index contributed by atoms with van der Waals surface area (Å²) in [6.45, 7) is 7.84. The summed E-state index contributed by atoms with van der Waals surface area (Å²) in [6.07, 6.45) is 8.62. The summed E-state index contributed by atoms with van der Waals surface area (Å²) < 4.78 is 0. The van der Waals surface area contributed by atoms with Crippen LogP contribution >= 0.6 is 0 Å². The largest absolute Gasteiger partial charge is 0.305 e. The topological polar surface area (TPSA) is 29.1 Å². The molecule has 2 heteroatoms. The molecule has 0 aromatic carbocycles. The van der Waals surface area contributed by atoms with Crippen molar-refractivity contribution in [1.82, 2.24) is 5.32 Å². The van der Waals surface area contributed by atoms with Crippen molar-refractivity contribution >= 4 is 5.78 Å². The molecule has 1 N–H and O–H groups in total. The van der Waals surface area contributed by atoms with Crippen LogP contribution in [0.5, 0.6) is 0 Å². The van der Waals surface area contributed by atoms with Crippen molar-refractivity contribution in [1.29, 1.82) is 0 Å². The molecule has 1 fully saturated rings. The highest BCUT2D eigenvalue weighted by atomic mass is 16.1. The lowest BCUT2D eigenvalue weighted by Crippen LogP contribution is -2.43. The van der Waals surface area contributed by atoms with Crippen molar-refractivity contribution < 1.29 is 4.79 Å². The quantitative estimate of drug-likeness (QED) is 0.776. The highest BCUT2D eigenvalue weighted by Crippen LogP contribution is 2.18. The first-order valence-electron chi connectivity index (χ1n) is 7.00. The molecule has 0 aromatic heterocycles. The van der Waals surface area contributed by atoms with E-state index in [0.717, 1.165) is 12.8 Å². The fourth-order valence-corrected chi connectivity index (χ4v) is 2.25. The molecule has 16 heavy (non-hydrogen) atoms. The lowest BCUT2D eigenvalue weighted by molar-refractivity contribution is -0.119. The molecule has 1 saturated carbocycles. The predicted molar refractivity (Wildman–Crippen MR) is 70.7 cm³/mol. The Morgan fingerprint density at radius 1 is 1.25 bits per heavy atom. The van der Waals surface area contributed by atoms with E-state index in [0.29, 0.717) is 11.8 Å². The van der Waals surface area contributed by atoms with Crippen molar-refractivity contribution in [2.75, 3.05) is 0 Å². The number of carbonyl (C=O) groups is 1. The highest BCUT2D eigenvalue weighted by Gasteiger charge is 2.19. The molecule has 0 bridgehead atoms. The number of hydrogen-bond donors (Lipinski definition) is 1. The Labute approximate surface area is 101 Å². The molecule has 1 aliphatic rings. The Hall–Kier alpha value is -0.370. The lowest BCUT2D eigenvalue weighted by atomic mass is 9.94. The van der Waals surface area contributed by atoms with E-state index in [1.54, 1.807) is 6.92 Å². The van der Waals surface area contributed by atoms with Crippen molar-refractivity contribution in [3.63, 3.8) is 0 Å². The number of Topliss-reactive ketones (excluding diaryl/α,β-unsaturated/α-hetero) is 1. The maximum Gasteiger partial charge on any atom is 0.146 e. The summed E-state index contributed by atoms with van der Waals surface area (Å²) in [6, 6.07) is 0.715. The summed E-state index contributed by atoms with van der Waals surface area (Å²) in [4.78, 5) is 11.3. The first kappa shape index (κ1) is 15.6. The molecule has 0 aliphatic heterocycles. The van der Waals surface area contributed by atoms with Crippen LogP contribution in [0.25, 0.3) is 0 Å². The van der Waals surface area contributed by atoms with E-state index >= 15 is 0 Å². The molecule has 0 spiro atoms. The van der Waals surface area contributed by atoms with E-state index in [1.807, 2.05) is 13.8 Å². The molecule has 2 nitrogen and oxygen atoms in total. The Kier molecular flexibility index (Phi) is 9.60. The maximum atomic E-state index is 11.3. The summed E-state index contributed by atoms with van der Waals surface area (Å²) >= 11 is 0. The van der Waals surface area contributed by atoms with Gasteiger partial charge in [-0.25, -0.2) is 0 Å². The van der Waals surface area contributed by atoms with Crippen LogP contribution in [0, 0.1) is 0 Å². The van der Waals surface area contributed by atoms with Crippen LogP contribution in [-0.4, -0.2) is 17.9 Å². The van der Waals surface area contributed by atoms with Gasteiger partial charge in [-0.15, -0.1) is 0 Å². The second-order valence-corrected chi connectivity index (χ2v) is 4.45. The Morgan fingerprint density at radius 2 is 1.81 bits per heavy atom. The first-order valence-corrected chi connectivity index (χ1v) is 7.00. The van der Waals surface area contributed by atoms with E-state index in [9.17, 15) is 4.79 Å². The molecule has 1 aliphatic carbocycles. The van der Waals surface area contributed by atoms with Gasteiger partial charge < -0.3 is 5.32 Å². The standard InChI is InChI=1S/C12H23NO.C2H6/c1-3-7-12(10(2)14)13-11-8-5-4-6-9-11;1-2/h11-13H,3-9H2,1-2H3;1-2H3. The van der Waals surface area contributed by atoms with E-state index in [2.05, 4.69) is 12.2 Å². The van der Waals surface area contributed by atoms with E-state index < -0.39 is 0 Å². The molecule has 0 amide bonds. The highest BCUT2D eigenvalue weighted by molar-refractivity contribution is 5.81. The third-order valence-corrected chi connectivity index (χ3v) is 3.11. The SMILES string of the molecule is CC.CCCC(NC1CCCCC1)C(C)=O. The van der Waals surface area contributed by atoms with Gasteiger partial charge in [-0.1, -0.05) is 46.5 Å². The van der Waals surface area contributed by atoms with Gasteiger partial charge in [0.15, 0.2) is 0 Å². The molecule has 0 radical (unpaired) electrons. The summed E-state index contributed by atoms with van der Waals surface area (Å²) in [5.74, 6) is 0.303. The number of nitrogens with one attached hydrogen (secondary N) is 1. The zero-order chi connectivity index (χ0) is 12.4. The Morgan fingerprint density at radius 3 is 2.25 bits per heavy atom. The summed E-state index contributed by atoms with van der Waals surface area (Å²) in [5.41, 5.74) is 0. The summed E-state index contributed by atoms with van der Waals surface area (Å²) in [7, 11) is 0. The van der Waals surface area contributed by atoms with Gasteiger partial charge in [0.05, 0.1) is 6.04 Å². The van der Waals surface area contributed by atoms with Gasteiger partial charge in [0.25, 0.3) is 0 Å². The summed E-state index contributed by atoms with van der Waals surface area (Å²) in [5, 5.41) is 3.51. The first-order chi connectivity index (χ1) is 7.74. The van der Waals surface area contributed by atoms with Crippen LogP contribution in [0.2, 0.25) is 0 Å². The van der Waals surface area contributed by atoms with Crippen molar-refractivity contribution in [2.45, 2.75) is 84.7 Å². The van der Waals surface area contributed by atoms with E-state index in [1.165, 1.54) is 32.1 Å². The molecular weight excluding hydrogens is 198 g/mol. The Bertz CT molecular complexity index is 174. The van der Waals surface area contributed by atoms with E-state index in [-0.39, 0.29) is 6.04 Å². The van der Waals surface area contributed by atoms with Crippen LogP contribution < -0.4 is 5.32 Å². The monoisotopic (exact) mass is 227 g/mol. The minimum Gasteiger partial charge on any atom is -0.305 e. The van der Waals surface area contributed by atoms with Crippen molar-refractivity contribution in [3.8, 4) is 0 Å². The third kappa shape index (κ3) is 6.26. The number of rotatable bonds is 5. The fraction of sp³-hybridized carbons (Fsp3) is 0.929. The van der Waals surface area contributed by atoms with Gasteiger partial charge in [0.2, 0.25) is 0 Å². The molecule has 1 unspecified atom stereocenters. The third-order valence-electron chi connectivity index (χ3n) is 3.11. The van der Waals surface area contributed by atoms with Crippen LogP contribution in [0.1, 0.15) is 72.6 Å². The van der Waals surface area contributed by atoms with Crippen LogP contribution in [-0.2, 0) is 4.79 Å². The molecule has 1 rings (SSSR count). The minimum atomic E-state index is 0.114. The van der Waals surface area contributed by atoms with Crippen molar-refractivity contribution in [2.24, 2.45) is 0 Å². The maximum absolute atomic E-state index is 11.3. The van der Waals surface area contributed by atoms with Gasteiger partial charge >= 0.3 is 0 Å². The van der Waals surface area contributed by atoms with Gasteiger partial charge in [-0.3, -0.25) is 4.79 Å². The van der Waals surface area contributed by atoms with Crippen LogP contribution in [0.4, 0.5) is 0 Å².